The largest absolute Gasteiger partial charge is 0.394 e. The maximum Gasteiger partial charge on any atom is 0.330 e. The topological polar surface area (TPSA) is 120 Å². The number of aromatic amines is 1. The van der Waals surface area contributed by atoms with Gasteiger partial charge >= 0.3 is 13.9 Å². The number of nitrogens with zero attached hydrogens (tertiary/aromatic N) is 1. The van der Waals surface area contributed by atoms with Crippen molar-refractivity contribution < 1.29 is 23.5 Å². The van der Waals surface area contributed by atoms with E-state index in [1.165, 1.54) is 10.8 Å². The maximum absolute atomic E-state index is 12.4. The number of aliphatic hydroxyl groups excluding tert-OH is 1. The van der Waals surface area contributed by atoms with E-state index in [0.29, 0.717) is 12.0 Å². The van der Waals surface area contributed by atoms with E-state index in [4.69, 9.17) is 13.8 Å². The van der Waals surface area contributed by atoms with E-state index >= 15 is 0 Å². The van der Waals surface area contributed by atoms with Crippen LogP contribution in [0.3, 0.4) is 0 Å². The van der Waals surface area contributed by atoms with Gasteiger partial charge in [-0.25, -0.2) is 4.79 Å². The number of ether oxygens (including phenoxy) is 1. The molecule has 0 spiro atoms. The van der Waals surface area contributed by atoms with Gasteiger partial charge in [0, 0.05) is 18.2 Å². The molecule has 2 heterocycles. The van der Waals surface area contributed by atoms with E-state index in [1.54, 1.807) is 6.92 Å². The van der Waals surface area contributed by atoms with Crippen molar-refractivity contribution >= 4 is 19.0 Å². The summed E-state index contributed by atoms with van der Waals surface area (Å²) in [5.74, 6) is 0. The second kappa shape index (κ2) is 9.94. The molecule has 170 valence electrons. The van der Waals surface area contributed by atoms with E-state index in [0.717, 1.165) is 16.3 Å². The van der Waals surface area contributed by atoms with E-state index in [-0.39, 0.29) is 19.6 Å². The minimum Gasteiger partial charge on any atom is -0.394 e. The minimum absolute atomic E-state index is 0.180. The molecule has 2 N–H and O–H groups in total. The van der Waals surface area contributed by atoms with Gasteiger partial charge in [0.1, 0.15) is 12.3 Å². The number of aliphatic hydroxyl groups is 1. The van der Waals surface area contributed by atoms with Crippen LogP contribution in [-0.4, -0.2) is 40.1 Å². The number of H-pyrrole nitrogens is 1. The van der Waals surface area contributed by atoms with Crippen LogP contribution in [0.2, 0.25) is 0 Å². The first-order chi connectivity index (χ1) is 15.5. The zero-order valence-corrected chi connectivity index (χ0v) is 18.5. The number of rotatable bonds is 8. The SMILES string of the molecule is Cc1cn([C@H]2C[C@H](O[PH](=O)OCCc3cccc4ccccc34)[C@@H](CO)O2)c(=O)[nH]c1=O. The maximum atomic E-state index is 12.4. The number of hydrogen-bond acceptors (Lipinski definition) is 7. The first-order valence-corrected chi connectivity index (χ1v) is 11.6. The molecule has 9 nitrogen and oxygen atoms in total. The summed E-state index contributed by atoms with van der Waals surface area (Å²) < 4.78 is 30.3. The normalized spacial score (nSPS) is 21.8. The van der Waals surface area contributed by atoms with Gasteiger partial charge < -0.3 is 18.9 Å². The molecular weight excluding hydrogens is 435 g/mol. The molecule has 1 aliphatic rings. The minimum atomic E-state index is -2.85. The summed E-state index contributed by atoms with van der Waals surface area (Å²) in [6.45, 7) is 1.42. The smallest absolute Gasteiger partial charge is 0.330 e. The van der Waals surface area contributed by atoms with Gasteiger partial charge in [0.05, 0.1) is 19.3 Å². The second-order valence-corrected chi connectivity index (χ2v) is 8.69. The number of hydrogen-bond donors (Lipinski definition) is 2. The second-order valence-electron chi connectivity index (χ2n) is 7.67. The molecule has 10 heteroatoms. The monoisotopic (exact) mass is 460 g/mol. The Bertz CT molecular complexity index is 1230. The molecule has 1 aliphatic heterocycles. The van der Waals surface area contributed by atoms with Crippen molar-refractivity contribution in [1.82, 2.24) is 9.55 Å². The molecule has 2 aromatic carbocycles. The van der Waals surface area contributed by atoms with Crippen LogP contribution < -0.4 is 11.2 Å². The summed E-state index contributed by atoms with van der Waals surface area (Å²) in [7, 11) is -2.85. The first kappa shape index (κ1) is 22.6. The number of nitrogens with one attached hydrogen (secondary N) is 1. The van der Waals surface area contributed by atoms with Crippen molar-refractivity contribution in [2.75, 3.05) is 13.2 Å². The highest BCUT2D eigenvalue weighted by molar-refractivity contribution is 7.33. The predicted molar refractivity (Wildman–Crippen MR) is 119 cm³/mol. The van der Waals surface area contributed by atoms with Crippen molar-refractivity contribution in [3.05, 3.63) is 80.6 Å². The summed E-state index contributed by atoms with van der Waals surface area (Å²) in [6, 6.07) is 14.0. The molecule has 0 aliphatic carbocycles. The summed E-state index contributed by atoms with van der Waals surface area (Å²) in [4.78, 5) is 25.9. The van der Waals surface area contributed by atoms with E-state index < -0.39 is 37.9 Å². The lowest BCUT2D eigenvalue weighted by atomic mass is 10.0. The summed E-state index contributed by atoms with van der Waals surface area (Å²) in [5.41, 5.74) is 0.342. The van der Waals surface area contributed by atoms with Crippen LogP contribution in [0, 0.1) is 6.92 Å². The van der Waals surface area contributed by atoms with Gasteiger partial charge in [0.25, 0.3) is 5.56 Å². The van der Waals surface area contributed by atoms with Crippen molar-refractivity contribution in [3.8, 4) is 0 Å². The fraction of sp³-hybridized carbons (Fsp3) is 0.364. The zero-order valence-electron chi connectivity index (χ0n) is 17.5. The van der Waals surface area contributed by atoms with Crippen molar-refractivity contribution in [2.24, 2.45) is 0 Å². The van der Waals surface area contributed by atoms with Crippen LogP contribution in [-0.2, 0) is 24.8 Å². The standard InChI is InChI=1S/C22H25N2O7P/c1-14-12-24(22(27)23-21(14)26)20-11-18(19(13-25)30-20)31-32(28)29-10-9-16-7-4-6-15-5-2-3-8-17(15)16/h2-8,12,18-20,25,32H,9-11,13H2,1H3,(H,23,26,27)/t18-,19+,20+/m0/s1. The zero-order chi connectivity index (χ0) is 22.7. The highest BCUT2D eigenvalue weighted by Crippen LogP contribution is 2.37. The van der Waals surface area contributed by atoms with Gasteiger partial charge in [0.2, 0.25) is 0 Å². The third-order valence-corrected chi connectivity index (χ3v) is 6.47. The third-order valence-electron chi connectivity index (χ3n) is 5.54. The Kier molecular flexibility index (Phi) is 7.03. The van der Waals surface area contributed by atoms with E-state index in [9.17, 15) is 19.3 Å². The van der Waals surface area contributed by atoms with Crippen LogP contribution >= 0.6 is 8.25 Å². The summed E-state index contributed by atoms with van der Waals surface area (Å²) >= 11 is 0. The fourth-order valence-electron chi connectivity index (χ4n) is 3.87. The van der Waals surface area contributed by atoms with Gasteiger partial charge in [-0.3, -0.25) is 18.9 Å². The van der Waals surface area contributed by atoms with Gasteiger partial charge in [-0.05, 0) is 29.7 Å². The molecule has 1 fully saturated rings. The number of aromatic nitrogens is 2. The molecule has 1 aromatic heterocycles. The molecule has 0 radical (unpaired) electrons. The lowest BCUT2D eigenvalue weighted by Crippen LogP contribution is -2.33. The Morgan fingerprint density at radius 2 is 2.00 bits per heavy atom. The van der Waals surface area contributed by atoms with Gasteiger partial charge in [0.15, 0.2) is 0 Å². The molecule has 1 unspecified atom stereocenters. The first-order valence-electron chi connectivity index (χ1n) is 10.3. The molecule has 0 amide bonds. The Balaban J connectivity index is 1.36. The van der Waals surface area contributed by atoms with Gasteiger partial charge in [-0.2, -0.15) is 0 Å². The molecule has 0 bridgehead atoms. The predicted octanol–water partition coefficient (Wildman–Crippen LogP) is 2.31. The summed E-state index contributed by atoms with van der Waals surface area (Å²) in [6.07, 6.45) is -0.0968. The number of benzene rings is 2. The quantitative estimate of drug-likeness (QED) is 0.495. The molecular formula is C22H25N2O7P. The van der Waals surface area contributed by atoms with Gasteiger partial charge in [-0.1, -0.05) is 42.5 Å². The lowest BCUT2D eigenvalue weighted by molar-refractivity contribution is -0.0429. The van der Waals surface area contributed by atoms with Crippen LogP contribution in [0.4, 0.5) is 0 Å². The van der Waals surface area contributed by atoms with Crippen molar-refractivity contribution in [3.63, 3.8) is 0 Å². The van der Waals surface area contributed by atoms with E-state index in [2.05, 4.69) is 4.98 Å². The Morgan fingerprint density at radius 1 is 1.22 bits per heavy atom. The molecule has 0 saturated carbocycles. The lowest BCUT2D eigenvalue weighted by Gasteiger charge is -2.16. The fourth-order valence-corrected chi connectivity index (χ4v) is 4.70. The Labute approximate surface area is 184 Å². The Morgan fingerprint density at radius 3 is 2.81 bits per heavy atom. The average Bonchev–Trinajstić information content (AvgIpc) is 3.18. The number of aryl methyl sites for hydroxylation is 1. The highest BCUT2D eigenvalue weighted by Gasteiger charge is 2.38. The Hall–Kier alpha value is -2.55. The van der Waals surface area contributed by atoms with Crippen molar-refractivity contribution in [1.29, 1.82) is 0 Å². The van der Waals surface area contributed by atoms with Crippen LogP contribution in [0.15, 0.2) is 58.3 Å². The van der Waals surface area contributed by atoms with E-state index in [1.807, 2.05) is 42.5 Å². The highest BCUT2D eigenvalue weighted by atomic mass is 31.1. The van der Waals surface area contributed by atoms with Crippen molar-refractivity contribution in [2.45, 2.75) is 38.2 Å². The molecule has 4 atom stereocenters. The molecule has 32 heavy (non-hydrogen) atoms. The summed E-state index contributed by atoms with van der Waals surface area (Å²) in [5, 5.41) is 11.9. The van der Waals surface area contributed by atoms with Gasteiger partial charge in [-0.15, -0.1) is 0 Å². The van der Waals surface area contributed by atoms with Crippen LogP contribution in [0.25, 0.3) is 10.8 Å². The molecule has 4 rings (SSSR count). The van der Waals surface area contributed by atoms with Crippen LogP contribution in [0.5, 0.6) is 0 Å². The third kappa shape index (κ3) is 4.92. The van der Waals surface area contributed by atoms with Crippen LogP contribution in [0.1, 0.15) is 23.8 Å². The average molecular weight is 460 g/mol. The molecule has 3 aromatic rings. The molecule has 1 saturated heterocycles. The number of fused-ring (bicyclic) bond motifs is 1.